The summed E-state index contributed by atoms with van der Waals surface area (Å²) in [4.78, 5) is 0. The first-order valence-corrected chi connectivity index (χ1v) is 5.36. The van der Waals surface area contributed by atoms with E-state index in [-0.39, 0.29) is 11.2 Å². The fraction of sp³-hybridized carbons (Fsp3) is 0.500. The molecule has 0 saturated carbocycles. The van der Waals surface area contributed by atoms with Gasteiger partial charge in [-0.05, 0) is 38.2 Å². The molecule has 1 aromatic rings. The Morgan fingerprint density at radius 3 is 2.69 bits per heavy atom. The second-order valence-electron chi connectivity index (χ2n) is 4.25. The van der Waals surface area contributed by atoms with Crippen molar-refractivity contribution in [2.75, 3.05) is 26.8 Å². The zero-order valence-corrected chi connectivity index (χ0v) is 9.22. The Labute approximate surface area is 93.6 Å². The number of nitrogens with one attached hydrogen (secondary N) is 1. The number of hydrogen-bond donors (Lipinski definition) is 1. The third kappa shape index (κ3) is 1.95. The van der Waals surface area contributed by atoms with Gasteiger partial charge in [0.2, 0.25) is 0 Å². The number of ether oxygens (including phenoxy) is 1. The Balaban J connectivity index is 2.28. The molecule has 1 N–H and O–H groups in total. The number of rotatable bonds is 4. The van der Waals surface area contributed by atoms with E-state index in [1.807, 2.05) is 7.05 Å². The van der Waals surface area contributed by atoms with Crippen LogP contribution in [0.15, 0.2) is 18.2 Å². The minimum absolute atomic E-state index is 0.346. The fourth-order valence-electron chi connectivity index (χ4n) is 2.05. The van der Waals surface area contributed by atoms with Gasteiger partial charge >= 0.3 is 0 Å². The second kappa shape index (κ2) is 4.47. The highest BCUT2D eigenvalue weighted by Crippen LogP contribution is 2.37. The van der Waals surface area contributed by atoms with E-state index < -0.39 is 5.82 Å². The van der Waals surface area contributed by atoms with Crippen molar-refractivity contribution in [3.63, 3.8) is 0 Å². The zero-order chi connectivity index (χ0) is 11.6. The van der Waals surface area contributed by atoms with Crippen molar-refractivity contribution in [2.24, 2.45) is 0 Å². The minimum atomic E-state index is -0.396. The topological polar surface area (TPSA) is 21.3 Å². The van der Waals surface area contributed by atoms with Crippen molar-refractivity contribution in [3.8, 4) is 0 Å². The van der Waals surface area contributed by atoms with Crippen LogP contribution in [0.1, 0.15) is 12.0 Å². The number of benzene rings is 1. The Hall–Kier alpha value is -1.00. The summed E-state index contributed by atoms with van der Waals surface area (Å²) in [7, 11) is 1.84. The van der Waals surface area contributed by atoms with Gasteiger partial charge in [-0.2, -0.15) is 0 Å². The molecule has 0 radical (unpaired) electrons. The van der Waals surface area contributed by atoms with Gasteiger partial charge in [0.25, 0.3) is 0 Å². The van der Waals surface area contributed by atoms with Crippen LogP contribution in [-0.4, -0.2) is 26.8 Å². The van der Waals surface area contributed by atoms with Crippen molar-refractivity contribution in [2.45, 2.75) is 11.8 Å². The third-order valence-electron chi connectivity index (χ3n) is 3.11. The number of hydrogen-bond acceptors (Lipinski definition) is 2. The van der Waals surface area contributed by atoms with E-state index in [4.69, 9.17) is 4.74 Å². The Morgan fingerprint density at radius 1 is 1.38 bits per heavy atom. The lowest BCUT2D eigenvalue weighted by Crippen LogP contribution is -2.48. The summed E-state index contributed by atoms with van der Waals surface area (Å²) < 4.78 is 32.0. The molecule has 0 amide bonds. The van der Waals surface area contributed by atoms with Gasteiger partial charge < -0.3 is 10.1 Å². The molecule has 16 heavy (non-hydrogen) atoms. The average Bonchev–Trinajstić information content (AvgIpc) is 2.21. The monoisotopic (exact) mass is 227 g/mol. The molecule has 1 saturated heterocycles. The van der Waals surface area contributed by atoms with Gasteiger partial charge in [-0.1, -0.05) is 0 Å². The van der Waals surface area contributed by atoms with E-state index in [0.29, 0.717) is 18.8 Å². The van der Waals surface area contributed by atoms with Crippen LogP contribution < -0.4 is 5.32 Å². The largest absolute Gasteiger partial charge is 0.379 e. The SMILES string of the molecule is CNCCC1(c2cc(F)ccc2F)COC1. The minimum Gasteiger partial charge on any atom is -0.379 e. The third-order valence-corrected chi connectivity index (χ3v) is 3.11. The first-order chi connectivity index (χ1) is 7.68. The smallest absolute Gasteiger partial charge is 0.127 e. The predicted octanol–water partition coefficient (Wildman–Crippen LogP) is 1.84. The zero-order valence-electron chi connectivity index (χ0n) is 9.22. The first kappa shape index (κ1) is 11.5. The van der Waals surface area contributed by atoms with Crippen molar-refractivity contribution in [1.82, 2.24) is 5.32 Å². The molecule has 1 aliphatic heterocycles. The second-order valence-corrected chi connectivity index (χ2v) is 4.25. The molecule has 1 aliphatic rings. The van der Waals surface area contributed by atoms with Crippen molar-refractivity contribution >= 4 is 0 Å². The first-order valence-electron chi connectivity index (χ1n) is 5.36. The fourth-order valence-corrected chi connectivity index (χ4v) is 2.05. The predicted molar refractivity (Wildman–Crippen MR) is 57.4 cm³/mol. The molecule has 4 heteroatoms. The quantitative estimate of drug-likeness (QED) is 0.847. The molecule has 0 unspecified atom stereocenters. The van der Waals surface area contributed by atoms with Gasteiger partial charge in [0.15, 0.2) is 0 Å². The van der Waals surface area contributed by atoms with E-state index in [0.717, 1.165) is 19.0 Å². The molecule has 0 aliphatic carbocycles. The molecule has 2 rings (SSSR count). The molecule has 0 spiro atoms. The van der Waals surface area contributed by atoms with Crippen molar-refractivity contribution < 1.29 is 13.5 Å². The van der Waals surface area contributed by atoms with Gasteiger partial charge in [-0.3, -0.25) is 0 Å². The summed E-state index contributed by atoms with van der Waals surface area (Å²) in [6, 6.07) is 3.61. The van der Waals surface area contributed by atoms with Crippen LogP contribution in [0.5, 0.6) is 0 Å². The van der Waals surface area contributed by atoms with E-state index in [9.17, 15) is 8.78 Å². The van der Waals surface area contributed by atoms with Crippen LogP contribution in [0.3, 0.4) is 0 Å². The lowest BCUT2D eigenvalue weighted by Gasteiger charge is -2.42. The van der Waals surface area contributed by atoms with E-state index >= 15 is 0 Å². The summed E-state index contributed by atoms with van der Waals surface area (Å²) in [6.45, 7) is 1.70. The van der Waals surface area contributed by atoms with Crippen LogP contribution >= 0.6 is 0 Å². The van der Waals surface area contributed by atoms with Crippen LogP contribution in [0.25, 0.3) is 0 Å². The van der Waals surface area contributed by atoms with Gasteiger partial charge in [0, 0.05) is 11.0 Å². The molecule has 0 bridgehead atoms. The average molecular weight is 227 g/mol. The van der Waals surface area contributed by atoms with Crippen LogP contribution in [0.4, 0.5) is 8.78 Å². The van der Waals surface area contributed by atoms with Crippen molar-refractivity contribution in [1.29, 1.82) is 0 Å². The molecular weight excluding hydrogens is 212 g/mol. The van der Waals surface area contributed by atoms with E-state index in [1.54, 1.807) is 0 Å². The summed E-state index contributed by atoms with van der Waals surface area (Å²) in [5, 5.41) is 3.02. The molecule has 0 aromatic heterocycles. The number of halogens is 2. The molecule has 1 aromatic carbocycles. The molecule has 1 fully saturated rings. The van der Waals surface area contributed by atoms with Crippen molar-refractivity contribution in [3.05, 3.63) is 35.4 Å². The lowest BCUT2D eigenvalue weighted by atomic mass is 9.75. The summed E-state index contributed by atoms with van der Waals surface area (Å²) in [5.74, 6) is -0.743. The molecular formula is C12H15F2NO. The standard InChI is InChI=1S/C12H15F2NO/c1-15-5-4-12(7-16-8-12)10-6-9(13)2-3-11(10)14/h2-3,6,15H,4-5,7-8H2,1H3. The summed E-state index contributed by atoms with van der Waals surface area (Å²) in [6.07, 6.45) is 0.754. The van der Waals surface area contributed by atoms with Crippen LogP contribution in [-0.2, 0) is 10.2 Å². The maximum atomic E-state index is 13.7. The Morgan fingerprint density at radius 2 is 2.12 bits per heavy atom. The molecule has 88 valence electrons. The highest BCUT2D eigenvalue weighted by atomic mass is 19.1. The maximum Gasteiger partial charge on any atom is 0.127 e. The summed E-state index contributed by atoms with van der Waals surface area (Å²) in [5.41, 5.74) is 0.0869. The Bertz CT molecular complexity index is 377. The molecule has 1 heterocycles. The van der Waals surface area contributed by atoms with Gasteiger partial charge in [0.05, 0.1) is 13.2 Å². The highest BCUT2D eigenvalue weighted by molar-refractivity contribution is 5.30. The van der Waals surface area contributed by atoms with E-state index in [1.165, 1.54) is 12.1 Å². The van der Waals surface area contributed by atoms with Gasteiger partial charge in [-0.15, -0.1) is 0 Å². The molecule has 2 nitrogen and oxygen atoms in total. The highest BCUT2D eigenvalue weighted by Gasteiger charge is 2.41. The van der Waals surface area contributed by atoms with Gasteiger partial charge in [0.1, 0.15) is 11.6 Å². The summed E-state index contributed by atoms with van der Waals surface area (Å²) >= 11 is 0. The lowest BCUT2D eigenvalue weighted by molar-refractivity contribution is -0.0655. The van der Waals surface area contributed by atoms with E-state index in [2.05, 4.69) is 5.32 Å². The normalized spacial score (nSPS) is 18.2. The Kier molecular flexibility index (Phi) is 3.21. The van der Waals surface area contributed by atoms with Crippen LogP contribution in [0, 0.1) is 11.6 Å². The molecule has 0 atom stereocenters. The van der Waals surface area contributed by atoms with Crippen LogP contribution in [0.2, 0.25) is 0 Å². The van der Waals surface area contributed by atoms with Gasteiger partial charge in [-0.25, -0.2) is 8.78 Å². The maximum absolute atomic E-state index is 13.7.